The van der Waals surface area contributed by atoms with Gasteiger partial charge in [0.15, 0.2) is 5.65 Å². The lowest BCUT2D eigenvalue weighted by atomic mass is 9.83. The third kappa shape index (κ3) is 7.40. The zero-order valence-electron chi connectivity index (χ0n) is 27.7. The summed E-state index contributed by atoms with van der Waals surface area (Å²) >= 11 is 0. The van der Waals surface area contributed by atoms with Gasteiger partial charge in [0, 0.05) is 62.6 Å². The van der Waals surface area contributed by atoms with Gasteiger partial charge in [-0.3, -0.25) is 14.1 Å². The number of likely N-dealkylation sites (N-methyl/N-ethyl adjacent to an activating group) is 1. The van der Waals surface area contributed by atoms with Gasteiger partial charge in [0.2, 0.25) is 0 Å². The first kappa shape index (κ1) is 33.0. The Morgan fingerprint density at radius 3 is 2.64 bits per heavy atom. The fourth-order valence-electron chi connectivity index (χ4n) is 5.60. The van der Waals surface area contributed by atoms with Crippen LogP contribution in [-0.4, -0.2) is 51.8 Å². The van der Waals surface area contributed by atoms with Crippen molar-refractivity contribution in [3.8, 4) is 11.8 Å². The molecule has 1 aliphatic rings. The van der Waals surface area contributed by atoms with Crippen LogP contribution in [0, 0.1) is 24.6 Å². The number of anilines is 2. The minimum Gasteiger partial charge on any atom is -0.403 e. The highest BCUT2D eigenvalue weighted by molar-refractivity contribution is 6.04. The van der Waals surface area contributed by atoms with E-state index in [1.54, 1.807) is 19.2 Å². The number of nitrogens with two attached hydrogens (primary N) is 1. The Bertz CT molecular complexity index is 1950. The maximum absolute atomic E-state index is 15.2. The summed E-state index contributed by atoms with van der Waals surface area (Å²) in [6.45, 7) is 19.7. The van der Waals surface area contributed by atoms with E-state index in [0.29, 0.717) is 33.9 Å². The number of aryl methyl sites for hydroxylation is 1. The van der Waals surface area contributed by atoms with Crippen molar-refractivity contribution < 1.29 is 9.18 Å². The van der Waals surface area contributed by atoms with Crippen molar-refractivity contribution in [1.82, 2.24) is 19.2 Å². The predicted octanol–water partition coefficient (Wildman–Crippen LogP) is 6.39. The lowest BCUT2D eigenvalue weighted by Crippen LogP contribution is -2.42. The number of amides is 1. The summed E-state index contributed by atoms with van der Waals surface area (Å²) in [5.74, 6) is 5.11. The zero-order valence-corrected chi connectivity index (χ0v) is 27.7. The van der Waals surface area contributed by atoms with Crippen molar-refractivity contribution in [2.45, 2.75) is 39.7 Å². The summed E-state index contributed by atoms with van der Waals surface area (Å²) in [4.78, 5) is 22.5. The van der Waals surface area contributed by atoms with Gasteiger partial charge in [-0.25, -0.2) is 9.37 Å². The van der Waals surface area contributed by atoms with Crippen LogP contribution in [0.1, 0.15) is 59.1 Å². The monoisotopic (exact) mass is 631 g/mol. The van der Waals surface area contributed by atoms with Gasteiger partial charge in [-0.05, 0) is 77.4 Å². The molecule has 0 atom stereocenters. The zero-order chi connectivity index (χ0) is 33.9. The predicted molar refractivity (Wildman–Crippen MR) is 189 cm³/mol. The number of nitrogens with one attached hydrogen (secondary N) is 2. The molecule has 0 spiro atoms. The number of allylic oxidation sites excluding steroid dienone is 1. The number of rotatable bonds is 7. The molecule has 47 heavy (non-hydrogen) atoms. The minimum absolute atomic E-state index is 0.0765. The van der Waals surface area contributed by atoms with Gasteiger partial charge in [0.1, 0.15) is 11.5 Å². The van der Waals surface area contributed by atoms with E-state index < -0.39 is 11.7 Å². The number of fused-ring (bicyclic) bond motifs is 1. The summed E-state index contributed by atoms with van der Waals surface area (Å²) in [6, 6.07) is 12.5. The highest BCUT2D eigenvalue weighted by Gasteiger charge is 2.23. The van der Waals surface area contributed by atoms with E-state index in [-0.39, 0.29) is 11.0 Å². The molecule has 0 aliphatic carbocycles. The first-order valence-electron chi connectivity index (χ1n) is 15.5. The van der Waals surface area contributed by atoms with Gasteiger partial charge in [-0.15, -0.1) is 0 Å². The molecule has 0 bridgehead atoms. The summed E-state index contributed by atoms with van der Waals surface area (Å²) < 4.78 is 17.0. The Morgan fingerprint density at radius 1 is 1.15 bits per heavy atom. The smallest absolute Gasteiger partial charge is 0.258 e. The lowest BCUT2D eigenvalue weighted by molar-refractivity contribution is 0.102. The number of aromatic nitrogens is 2. The third-order valence-electron chi connectivity index (χ3n) is 8.37. The molecule has 1 fully saturated rings. The van der Waals surface area contributed by atoms with Gasteiger partial charge < -0.3 is 21.3 Å². The molecule has 2 aromatic heterocycles. The van der Waals surface area contributed by atoms with E-state index in [2.05, 4.69) is 84.3 Å². The van der Waals surface area contributed by atoms with Gasteiger partial charge in [0.05, 0.1) is 23.1 Å². The second-order valence-electron chi connectivity index (χ2n) is 12.9. The van der Waals surface area contributed by atoms with Crippen molar-refractivity contribution in [1.29, 1.82) is 0 Å². The molecule has 4 N–H and O–H groups in total. The molecule has 0 unspecified atom stereocenters. The third-order valence-corrected chi connectivity index (χ3v) is 8.37. The molecule has 8 nitrogen and oxygen atoms in total. The molecule has 3 heterocycles. The van der Waals surface area contributed by atoms with Crippen LogP contribution in [0.15, 0.2) is 91.7 Å². The molecule has 9 heteroatoms. The summed E-state index contributed by atoms with van der Waals surface area (Å²) in [5, 5.41) is 6.12. The van der Waals surface area contributed by atoms with Gasteiger partial charge >= 0.3 is 0 Å². The number of hydrogen-bond donors (Lipinski definition) is 3. The number of nitrogens with zero attached hydrogens (tertiary/aromatic N) is 4. The standard InChI is InChI=1S/C38H42FN7O/c1-8-29(21-40)42-35-10-9-15-46-31(22-41-36(35)46)14-12-27-19-32(34(39)18-25(27)2)37(47)43-30-13-11-28(33(20-30)38(4,5)6)24-45-17-16-44(7)26(3)23-45/h8-11,13,15,18-22,42H,1,3,16-17,23-24,40H2,2,4-7H3,(H,43,47)/b29-21+. The van der Waals surface area contributed by atoms with E-state index in [1.165, 1.54) is 23.9 Å². The first-order valence-corrected chi connectivity index (χ1v) is 15.5. The molecule has 1 amide bonds. The summed E-state index contributed by atoms with van der Waals surface area (Å²) in [5.41, 5.74) is 13.3. The Hall–Kier alpha value is -5.33. The Balaban J connectivity index is 1.39. The van der Waals surface area contributed by atoms with Gasteiger partial charge in [0.25, 0.3) is 5.91 Å². The van der Waals surface area contributed by atoms with Crippen LogP contribution < -0.4 is 16.4 Å². The summed E-state index contributed by atoms with van der Waals surface area (Å²) in [7, 11) is 2.07. The number of halogens is 1. The van der Waals surface area contributed by atoms with Crippen molar-refractivity contribution in [2.24, 2.45) is 5.73 Å². The van der Waals surface area contributed by atoms with Crippen LogP contribution in [0.25, 0.3) is 5.65 Å². The topological polar surface area (TPSA) is 90.9 Å². The van der Waals surface area contributed by atoms with E-state index in [1.807, 2.05) is 34.9 Å². The molecule has 1 saturated heterocycles. The van der Waals surface area contributed by atoms with E-state index in [0.717, 1.165) is 43.1 Å². The Kier molecular flexibility index (Phi) is 9.54. The summed E-state index contributed by atoms with van der Waals surface area (Å²) in [6.07, 6.45) is 6.56. The fourth-order valence-corrected chi connectivity index (χ4v) is 5.60. The Morgan fingerprint density at radius 2 is 1.94 bits per heavy atom. The molecular weight excluding hydrogens is 589 g/mol. The maximum atomic E-state index is 15.2. The van der Waals surface area contributed by atoms with E-state index in [4.69, 9.17) is 5.73 Å². The number of hydrogen-bond acceptors (Lipinski definition) is 6. The van der Waals surface area contributed by atoms with E-state index >= 15 is 4.39 Å². The molecule has 2 aromatic carbocycles. The average molecular weight is 632 g/mol. The van der Waals surface area contributed by atoms with Crippen LogP contribution in [-0.2, 0) is 12.0 Å². The Labute approximate surface area is 276 Å². The molecule has 1 aliphatic heterocycles. The fraction of sp³-hybridized carbons (Fsp3) is 0.263. The number of imidazole rings is 1. The number of carbonyl (C=O) groups excluding carboxylic acids is 1. The molecule has 5 rings (SSSR count). The second-order valence-corrected chi connectivity index (χ2v) is 12.9. The normalized spacial score (nSPS) is 14.1. The number of benzene rings is 2. The maximum Gasteiger partial charge on any atom is 0.258 e. The molecule has 0 radical (unpaired) electrons. The lowest BCUT2D eigenvalue weighted by Gasteiger charge is -2.36. The van der Waals surface area contributed by atoms with Gasteiger partial charge in [-0.2, -0.15) is 0 Å². The highest BCUT2D eigenvalue weighted by Crippen LogP contribution is 2.31. The molecule has 4 aromatic rings. The van der Waals surface area contributed by atoms with Crippen molar-refractivity contribution in [3.63, 3.8) is 0 Å². The highest BCUT2D eigenvalue weighted by atomic mass is 19.1. The van der Waals surface area contributed by atoms with Crippen LogP contribution in [0.2, 0.25) is 0 Å². The van der Waals surface area contributed by atoms with Crippen LogP contribution >= 0.6 is 0 Å². The molecule has 0 saturated carbocycles. The van der Waals surface area contributed by atoms with Crippen molar-refractivity contribution >= 4 is 22.9 Å². The first-order chi connectivity index (χ1) is 22.4. The second kappa shape index (κ2) is 13.6. The SMILES string of the molecule is C=C/C(=C\N)Nc1cccn2c(C#Cc3cc(C(=O)Nc4ccc(CN5CCN(C)C(=C)C5)c(C(C)(C)C)c4)c(F)cc3C)cnc12. The number of carbonyl (C=O) groups is 1. The largest absolute Gasteiger partial charge is 0.403 e. The molecule has 242 valence electrons. The minimum atomic E-state index is -0.606. The van der Waals surface area contributed by atoms with Crippen LogP contribution in [0.5, 0.6) is 0 Å². The van der Waals surface area contributed by atoms with E-state index in [9.17, 15) is 4.79 Å². The quantitative estimate of drug-likeness (QED) is 0.162. The van der Waals surface area contributed by atoms with Crippen LogP contribution in [0.4, 0.5) is 15.8 Å². The number of piperazine rings is 1. The van der Waals surface area contributed by atoms with Crippen molar-refractivity contribution in [3.05, 3.63) is 131 Å². The number of pyridine rings is 1. The molecular formula is C38H42FN7O. The average Bonchev–Trinajstić information content (AvgIpc) is 3.45. The van der Waals surface area contributed by atoms with Crippen molar-refractivity contribution in [2.75, 3.05) is 37.3 Å². The van der Waals surface area contributed by atoms with Crippen LogP contribution in [0.3, 0.4) is 0 Å². The van der Waals surface area contributed by atoms with Gasteiger partial charge in [-0.1, -0.05) is 45.9 Å².